The van der Waals surface area contributed by atoms with E-state index in [2.05, 4.69) is 0 Å². The molecule has 0 atom stereocenters. The molecule has 122 valence electrons. The zero-order valence-electron chi connectivity index (χ0n) is 13.7. The molecule has 0 aliphatic carbocycles. The minimum Gasteiger partial charge on any atom is -0.461 e. The third-order valence-electron chi connectivity index (χ3n) is 4.17. The van der Waals surface area contributed by atoms with Crippen molar-refractivity contribution in [2.24, 2.45) is 5.73 Å². The van der Waals surface area contributed by atoms with Gasteiger partial charge in [-0.15, -0.1) is 0 Å². The summed E-state index contributed by atoms with van der Waals surface area (Å²) in [6, 6.07) is 3.53. The van der Waals surface area contributed by atoms with Gasteiger partial charge in [0.25, 0.3) is 0 Å². The van der Waals surface area contributed by atoms with E-state index in [1.807, 2.05) is 26.8 Å². The first-order valence-corrected chi connectivity index (χ1v) is 7.76. The Morgan fingerprint density at radius 3 is 2.57 bits per heavy atom. The van der Waals surface area contributed by atoms with Crippen LogP contribution in [0.25, 0.3) is 21.9 Å². The number of benzene rings is 1. The number of nitrogens with two attached hydrogens (primary N) is 1. The molecule has 0 bridgehead atoms. The summed E-state index contributed by atoms with van der Waals surface area (Å²) in [7, 11) is 0. The molecule has 3 rings (SSSR count). The maximum Gasteiger partial charge on any atom is 0.336 e. The Labute approximate surface area is 134 Å². The SMILES string of the molecule is Cc1oc2c(C)c3oc(=O)cc(C)c3cc2c1COCCCN. The van der Waals surface area contributed by atoms with Crippen molar-refractivity contribution >= 4 is 21.9 Å². The van der Waals surface area contributed by atoms with Gasteiger partial charge in [0.1, 0.15) is 16.9 Å². The van der Waals surface area contributed by atoms with Crippen molar-refractivity contribution in [2.75, 3.05) is 13.2 Å². The Bertz CT molecular complexity index is 920. The standard InChI is InChI=1S/C18H21NO4/c1-10-7-16(20)23-17-11(2)18-14(8-13(10)17)15(12(3)22-18)9-21-6-4-5-19/h7-8H,4-6,9,19H2,1-3H3. The van der Waals surface area contributed by atoms with Gasteiger partial charge in [-0.3, -0.25) is 0 Å². The molecular weight excluding hydrogens is 294 g/mol. The summed E-state index contributed by atoms with van der Waals surface area (Å²) in [5.74, 6) is 0.825. The molecule has 2 heterocycles. The van der Waals surface area contributed by atoms with Gasteiger partial charge >= 0.3 is 5.63 Å². The minimum atomic E-state index is -0.342. The summed E-state index contributed by atoms with van der Waals surface area (Å²) >= 11 is 0. The van der Waals surface area contributed by atoms with Crippen molar-refractivity contribution in [3.63, 3.8) is 0 Å². The predicted molar refractivity (Wildman–Crippen MR) is 89.8 cm³/mol. The van der Waals surface area contributed by atoms with Crippen LogP contribution in [-0.4, -0.2) is 13.2 Å². The van der Waals surface area contributed by atoms with E-state index < -0.39 is 0 Å². The lowest BCUT2D eigenvalue weighted by Gasteiger charge is -2.06. The average molecular weight is 315 g/mol. The van der Waals surface area contributed by atoms with Gasteiger partial charge in [0.05, 0.1) is 6.61 Å². The van der Waals surface area contributed by atoms with Gasteiger partial charge in [0.15, 0.2) is 0 Å². The summed E-state index contributed by atoms with van der Waals surface area (Å²) in [5.41, 5.74) is 9.26. The zero-order valence-corrected chi connectivity index (χ0v) is 13.7. The lowest BCUT2D eigenvalue weighted by atomic mass is 10.0. The highest BCUT2D eigenvalue weighted by molar-refractivity contribution is 5.99. The molecule has 0 aliphatic rings. The highest BCUT2D eigenvalue weighted by Gasteiger charge is 2.17. The molecule has 0 radical (unpaired) electrons. The fourth-order valence-corrected chi connectivity index (χ4v) is 2.89. The van der Waals surface area contributed by atoms with Gasteiger partial charge in [-0.2, -0.15) is 0 Å². The van der Waals surface area contributed by atoms with E-state index in [1.165, 1.54) is 6.07 Å². The number of fused-ring (bicyclic) bond motifs is 2. The number of hydrogen-bond acceptors (Lipinski definition) is 5. The molecule has 3 aromatic rings. The van der Waals surface area contributed by atoms with Crippen LogP contribution in [0.3, 0.4) is 0 Å². The molecular formula is C18H21NO4. The van der Waals surface area contributed by atoms with Crippen LogP contribution in [0.1, 0.15) is 28.9 Å². The summed E-state index contributed by atoms with van der Waals surface area (Å²) < 4.78 is 17.0. The predicted octanol–water partition coefficient (Wildman–Crippen LogP) is 3.33. The highest BCUT2D eigenvalue weighted by Crippen LogP contribution is 2.34. The second-order valence-electron chi connectivity index (χ2n) is 5.84. The molecule has 2 N–H and O–H groups in total. The molecule has 5 heteroatoms. The Hall–Kier alpha value is -2.11. The Morgan fingerprint density at radius 1 is 1.09 bits per heavy atom. The van der Waals surface area contributed by atoms with E-state index in [0.29, 0.717) is 25.3 Å². The van der Waals surface area contributed by atoms with Crippen LogP contribution < -0.4 is 11.4 Å². The van der Waals surface area contributed by atoms with Gasteiger partial charge in [0.2, 0.25) is 0 Å². The van der Waals surface area contributed by atoms with Crippen molar-refractivity contribution in [3.8, 4) is 0 Å². The third kappa shape index (κ3) is 2.78. The van der Waals surface area contributed by atoms with Crippen molar-refractivity contribution < 1.29 is 13.6 Å². The first-order chi connectivity index (χ1) is 11.0. The molecule has 0 unspecified atom stereocenters. The summed E-state index contributed by atoms with van der Waals surface area (Å²) in [4.78, 5) is 11.6. The zero-order chi connectivity index (χ0) is 16.6. The molecule has 5 nitrogen and oxygen atoms in total. The van der Waals surface area contributed by atoms with Gasteiger partial charge < -0.3 is 19.3 Å². The number of hydrogen-bond donors (Lipinski definition) is 1. The van der Waals surface area contributed by atoms with Gasteiger partial charge in [0, 0.05) is 34.6 Å². The lowest BCUT2D eigenvalue weighted by molar-refractivity contribution is 0.119. The van der Waals surface area contributed by atoms with E-state index in [0.717, 1.165) is 45.2 Å². The molecule has 1 aromatic carbocycles. The minimum absolute atomic E-state index is 0.342. The van der Waals surface area contributed by atoms with E-state index in [1.54, 1.807) is 0 Å². The van der Waals surface area contributed by atoms with E-state index >= 15 is 0 Å². The quantitative estimate of drug-likeness (QED) is 0.577. The maximum atomic E-state index is 11.6. The van der Waals surface area contributed by atoms with Crippen LogP contribution in [0.4, 0.5) is 0 Å². The maximum absolute atomic E-state index is 11.6. The number of aryl methyl sites for hydroxylation is 3. The van der Waals surface area contributed by atoms with Crippen molar-refractivity contribution in [1.29, 1.82) is 0 Å². The Kier molecular flexibility index (Phi) is 4.24. The van der Waals surface area contributed by atoms with Crippen LogP contribution in [0.15, 0.2) is 25.8 Å². The smallest absolute Gasteiger partial charge is 0.336 e. The lowest BCUT2D eigenvalue weighted by Crippen LogP contribution is -2.04. The first-order valence-electron chi connectivity index (χ1n) is 7.76. The monoisotopic (exact) mass is 315 g/mol. The van der Waals surface area contributed by atoms with Crippen LogP contribution in [0.2, 0.25) is 0 Å². The van der Waals surface area contributed by atoms with Crippen molar-refractivity contribution in [1.82, 2.24) is 0 Å². The molecule has 2 aromatic heterocycles. The van der Waals surface area contributed by atoms with Crippen LogP contribution in [0.5, 0.6) is 0 Å². The van der Waals surface area contributed by atoms with Crippen molar-refractivity contribution in [2.45, 2.75) is 33.8 Å². The topological polar surface area (TPSA) is 78.6 Å². The molecule has 0 spiro atoms. The molecule has 0 saturated heterocycles. The van der Waals surface area contributed by atoms with Gasteiger partial charge in [-0.25, -0.2) is 4.79 Å². The van der Waals surface area contributed by atoms with E-state index in [9.17, 15) is 4.79 Å². The van der Waals surface area contributed by atoms with E-state index in [-0.39, 0.29) is 5.63 Å². The normalized spacial score (nSPS) is 11.7. The Balaban J connectivity index is 2.16. The van der Waals surface area contributed by atoms with E-state index in [4.69, 9.17) is 19.3 Å². The summed E-state index contributed by atoms with van der Waals surface area (Å²) in [6.07, 6.45) is 0.834. The number of rotatable bonds is 5. The number of furan rings is 1. The largest absolute Gasteiger partial charge is 0.461 e. The average Bonchev–Trinajstić information content (AvgIpc) is 2.82. The third-order valence-corrected chi connectivity index (χ3v) is 4.17. The first kappa shape index (κ1) is 15.8. The van der Waals surface area contributed by atoms with Crippen LogP contribution >= 0.6 is 0 Å². The molecule has 23 heavy (non-hydrogen) atoms. The van der Waals surface area contributed by atoms with Crippen LogP contribution in [-0.2, 0) is 11.3 Å². The number of ether oxygens (including phenoxy) is 1. The second kappa shape index (κ2) is 6.18. The molecule has 0 saturated carbocycles. The molecule has 0 fully saturated rings. The van der Waals surface area contributed by atoms with Gasteiger partial charge in [-0.1, -0.05) is 0 Å². The van der Waals surface area contributed by atoms with Crippen molar-refractivity contribution in [3.05, 3.63) is 45.0 Å². The van der Waals surface area contributed by atoms with Crippen LogP contribution in [0, 0.1) is 20.8 Å². The fourth-order valence-electron chi connectivity index (χ4n) is 2.89. The highest BCUT2D eigenvalue weighted by atomic mass is 16.5. The molecule has 0 aliphatic heterocycles. The Morgan fingerprint density at radius 2 is 1.83 bits per heavy atom. The summed E-state index contributed by atoms with van der Waals surface area (Å²) in [6.45, 7) is 7.48. The second-order valence-corrected chi connectivity index (χ2v) is 5.84. The van der Waals surface area contributed by atoms with Gasteiger partial charge in [-0.05, 0) is 45.4 Å². The summed E-state index contributed by atoms with van der Waals surface area (Å²) in [5, 5.41) is 1.94. The fraction of sp³-hybridized carbons (Fsp3) is 0.389. The molecule has 0 amide bonds.